The number of ether oxygens (including phenoxy) is 2. The zero-order valence-corrected chi connectivity index (χ0v) is 17.9. The maximum absolute atomic E-state index is 13.1. The molecule has 0 unspecified atom stereocenters. The Morgan fingerprint density at radius 1 is 1.30 bits per heavy atom. The van der Waals surface area contributed by atoms with Crippen molar-refractivity contribution < 1.29 is 27.5 Å². The molecule has 2 amide bonds. The average Bonchev–Trinajstić information content (AvgIpc) is 2.68. The van der Waals surface area contributed by atoms with Gasteiger partial charge in [-0.3, -0.25) is 9.59 Å². The van der Waals surface area contributed by atoms with Crippen LogP contribution in [-0.4, -0.2) is 51.3 Å². The van der Waals surface area contributed by atoms with E-state index in [1.54, 1.807) is 38.1 Å². The van der Waals surface area contributed by atoms with E-state index in [1.165, 1.54) is 26.3 Å². The second kappa shape index (κ2) is 8.33. The monoisotopic (exact) mass is 433 g/mol. The first-order chi connectivity index (χ1) is 14.1. The molecule has 0 radical (unpaired) electrons. The molecule has 0 aliphatic carbocycles. The van der Waals surface area contributed by atoms with Gasteiger partial charge in [-0.1, -0.05) is 6.07 Å². The number of benzene rings is 2. The Bertz CT molecular complexity index is 1100. The van der Waals surface area contributed by atoms with E-state index >= 15 is 0 Å². The molecule has 1 atom stereocenters. The average molecular weight is 433 g/mol. The van der Waals surface area contributed by atoms with Crippen molar-refractivity contribution in [3.05, 3.63) is 42.0 Å². The summed E-state index contributed by atoms with van der Waals surface area (Å²) in [5.41, 5.74) is 1.33. The number of fused-ring (bicyclic) bond motifs is 1. The first-order valence-electron chi connectivity index (χ1n) is 9.14. The van der Waals surface area contributed by atoms with E-state index in [-0.39, 0.29) is 23.1 Å². The molecule has 0 spiro atoms. The van der Waals surface area contributed by atoms with Crippen LogP contribution in [0.25, 0.3) is 0 Å². The summed E-state index contributed by atoms with van der Waals surface area (Å²) in [6.45, 7) is 2.80. The van der Waals surface area contributed by atoms with Gasteiger partial charge in [0.15, 0.2) is 6.10 Å². The maximum Gasteiger partial charge on any atom is 0.265 e. The molecule has 1 aliphatic heterocycles. The van der Waals surface area contributed by atoms with Gasteiger partial charge >= 0.3 is 0 Å². The lowest BCUT2D eigenvalue weighted by molar-refractivity contribution is -0.122. The molecule has 2 aromatic carbocycles. The van der Waals surface area contributed by atoms with Crippen molar-refractivity contribution in [2.24, 2.45) is 0 Å². The predicted octanol–water partition coefficient (Wildman–Crippen LogP) is 1.98. The van der Waals surface area contributed by atoms with Crippen LogP contribution in [0.1, 0.15) is 12.5 Å². The van der Waals surface area contributed by atoms with Crippen LogP contribution in [0.5, 0.6) is 11.5 Å². The Hall–Kier alpha value is -3.11. The molecule has 30 heavy (non-hydrogen) atoms. The maximum atomic E-state index is 13.1. The molecule has 160 valence electrons. The Morgan fingerprint density at radius 3 is 2.73 bits per heavy atom. The van der Waals surface area contributed by atoms with E-state index in [0.29, 0.717) is 22.7 Å². The summed E-state index contributed by atoms with van der Waals surface area (Å²) in [5.74, 6) is 0.0335. The van der Waals surface area contributed by atoms with Crippen molar-refractivity contribution in [3.8, 4) is 11.5 Å². The SMILES string of the molecule is COc1cccc(NC(=O)CN(C)S(=O)(=O)c2cc3c(cc2C)NC(=O)[C@H](C)O3)c1. The van der Waals surface area contributed by atoms with Crippen LogP contribution in [-0.2, 0) is 19.6 Å². The molecular formula is C20H23N3O6S. The van der Waals surface area contributed by atoms with Gasteiger partial charge in [-0.2, -0.15) is 4.31 Å². The van der Waals surface area contributed by atoms with Crippen molar-refractivity contribution in [1.29, 1.82) is 0 Å². The van der Waals surface area contributed by atoms with E-state index < -0.39 is 22.0 Å². The molecule has 0 bridgehead atoms. The highest BCUT2D eigenvalue weighted by atomic mass is 32.2. The highest BCUT2D eigenvalue weighted by Gasteiger charge is 2.30. The van der Waals surface area contributed by atoms with Crippen molar-refractivity contribution >= 4 is 33.2 Å². The molecule has 9 nitrogen and oxygen atoms in total. The van der Waals surface area contributed by atoms with Gasteiger partial charge in [-0.15, -0.1) is 0 Å². The summed E-state index contributed by atoms with van der Waals surface area (Å²) in [4.78, 5) is 24.1. The first kappa shape index (κ1) is 21.6. The Morgan fingerprint density at radius 2 is 2.03 bits per heavy atom. The normalized spacial score (nSPS) is 15.8. The second-order valence-electron chi connectivity index (χ2n) is 6.90. The van der Waals surface area contributed by atoms with Crippen LogP contribution in [0.3, 0.4) is 0 Å². The zero-order chi connectivity index (χ0) is 22.1. The summed E-state index contributed by atoms with van der Waals surface area (Å²) in [5, 5.41) is 5.33. The number of hydrogen-bond acceptors (Lipinski definition) is 6. The number of hydrogen-bond donors (Lipinski definition) is 2. The lowest BCUT2D eigenvalue weighted by atomic mass is 10.1. The molecule has 10 heteroatoms. The molecule has 0 aromatic heterocycles. The zero-order valence-electron chi connectivity index (χ0n) is 17.1. The molecule has 0 saturated carbocycles. The van der Waals surface area contributed by atoms with Gasteiger partial charge in [-0.05, 0) is 37.6 Å². The van der Waals surface area contributed by atoms with E-state index in [2.05, 4.69) is 10.6 Å². The van der Waals surface area contributed by atoms with E-state index in [9.17, 15) is 18.0 Å². The summed E-state index contributed by atoms with van der Waals surface area (Å²) < 4.78 is 37.7. The molecule has 2 aromatic rings. The van der Waals surface area contributed by atoms with Crippen LogP contribution in [0.4, 0.5) is 11.4 Å². The number of sulfonamides is 1. The van der Waals surface area contributed by atoms with Gasteiger partial charge in [0.1, 0.15) is 11.5 Å². The van der Waals surface area contributed by atoms with Crippen LogP contribution < -0.4 is 20.1 Å². The second-order valence-corrected chi connectivity index (χ2v) is 8.92. The summed E-state index contributed by atoms with van der Waals surface area (Å²) in [6.07, 6.45) is -0.734. The summed E-state index contributed by atoms with van der Waals surface area (Å²) in [6, 6.07) is 9.66. The fourth-order valence-electron chi connectivity index (χ4n) is 2.98. The smallest absolute Gasteiger partial charge is 0.265 e. The number of anilines is 2. The molecule has 0 saturated heterocycles. The molecule has 2 N–H and O–H groups in total. The van der Waals surface area contributed by atoms with Crippen molar-refractivity contribution in [2.75, 3.05) is 31.3 Å². The van der Waals surface area contributed by atoms with Gasteiger partial charge < -0.3 is 20.1 Å². The third-order valence-electron chi connectivity index (χ3n) is 4.62. The number of carbonyl (C=O) groups excluding carboxylic acids is 2. The van der Waals surface area contributed by atoms with Crippen LogP contribution in [0, 0.1) is 6.92 Å². The highest BCUT2D eigenvalue weighted by molar-refractivity contribution is 7.89. The minimum absolute atomic E-state index is 0.00118. The van der Waals surface area contributed by atoms with Crippen molar-refractivity contribution in [3.63, 3.8) is 0 Å². The van der Waals surface area contributed by atoms with Gasteiger partial charge in [-0.25, -0.2) is 8.42 Å². The standard InChI is InChI=1S/C20H23N3O6S/c1-12-8-16-17(29-13(2)20(25)22-16)10-18(12)30(26,27)23(3)11-19(24)21-14-6-5-7-15(9-14)28-4/h5-10,13H,11H2,1-4H3,(H,21,24)(H,22,25)/t13-/m0/s1. The molecule has 0 fully saturated rings. The fourth-order valence-corrected chi connectivity index (χ4v) is 4.32. The Balaban J connectivity index is 1.78. The molecule has 3 rings (SSSR count). The minimum atomic E-state index is -3.98. The van der Waals surface area contributed by atoms with Gasteiger partial charge in [0.2, 0.25) is 15.9 Å². The summed E-state index contributed by atoms with van der Waals surface area (Å²) >= 11 is 0. The van der Waals surface area contributed by atoms with E-state index in [0.717, 1.165) is 4.31 Å². The molecule has 1 heterocycles. The molecule has 1 aliphatic rings. The number of likely N-dealkylation sites (N-methyl/N-ethyl adjacent to an activating group) is 1. The number of carbonyl (C=O) groups is 2. The highest BCUT2D eigenvalue weighted by Crippen LogP contribution is 2.35. The number of amides is 2. The quantitative estimate of drug-likeness (QED) is 0.720. The number of aryl methyl sites for hydroxylation is 1. The van der Waals surface area contributed by atoms with E-state index in [4.69, 9.17) is 9.47 Å². The van der Waals surface area contributed by atoms with Crippen LogP contribution >= 0.6 is 0 Å². The largest absolute Gasteiger partial charge is 0.497 e. The van der Waals surface area contributed by atoms with Gasteiger partial charge in [0.25, 0.3) is 5.91 Å². The molecular weight excluding hydrogens is 410 g/mol. The minimum Gasteiger partial charge on any atom is -0.497 e. The lowest BCUT2D eigenvalue weighted by Crippen LogP contribution is -2.36. The lowest BCUT2D eigenvalue weighted by Gasteiger charge is -2.25. The van der Waals surface area contributed by atoms with Crippen LogP contribution in [0.2, 0.25) is 0 Å². The van der Waals surface area contributed by atoms with Gasteiger partial charge in [0, 0.05) is 24.9 Å². The number of nitrogens with zero attached hydrogens (tertiary/aromatic N) is 1. The van der Waals surface area contributed by atoms with Crippen molar-refractivity contribution in [1.82, 2.24) is 4.31 Å². The van der Waals surface area contributed by atoms with E-state index in [1.807, 2.05) is 0 Å². The number of nitrogens with one attached hydrogen (secondary N) is 2. The number of rotatable bonds is 6. The third-order valence-corrected chi connectivity index (χ3v) is 6.56. The van der Waals surface area contributed by atoms with Gasteiger partial charge in [0.05, 0.1) is 24.2 Å². The van der Waals surface area contributed by atoms with Crippen molar-refractivity contribution in [2.45, 2.75) is 24.8 Å². The van der Waals surface area contributed by atoms with Crippen LogP contribution in [0.15, 0.2) is 41.3 Å². The third kappa shape index (κ3) is 4.39. The first-order valence-corrected chi connectivity index (χ1v) is 10.6. The summed E-state index contributed by atoms with van der Waals surface area (Å²) in [7, 11) is -1.14. The number of methoxy groups -OCH3 is 1. The Labute approximate surface area is 175 Å². The topological polar surface area (TPSA) is 114 Å². The fraction of sp³-hybridized carbons (Fsp3) is 0.300. The predicted molar refractivity (Wildman–Crippen MR) is 111 cm³/mol. The Kier molecular flexibility index (Phi) is 5.99.